The number of methoxy groups -OCH3 is 1. The first-order chi connectivity index (χ1) is 12.6. The number of rotatable bonds is 5. The minimum Gasteiger partial charge on any atom is -0.497 e. The number of hydrogen-bond acceptors (Lipinski definition) is 5. The van der Waals surface area contributed by atoms with Gasteiger partial charge in [0, 0.05) is 30.5 Å². The average molecular weight is 355 g/mol. The molecule has 2 aromatic rings. The number of aromatic nitrogens is 2. The molecule has 1 fully saturated rings. The first-order valence-electron chi connectivity index (χ1n) is 8.92. The minimum atomic E-state index is -0.292. The highest BCUT2D eigenvalue weighted by Crippen LogP contribution is 2.18. The summed E-state index contributed by atoms with van der Waals surface area (Å²) in [5.41, 5.74) is 1.61. The van der Waals surface area contributed by atoms with Gasteiger partial charge in [-0.1, -0.05) is 0 Å². The van der Waals surface area contributed by atoms with E-state index in [4.69, 9.17) is 4.74 Å². The molecule has 1 saturated heterocycles. The number of carbonyl (C=O) groups is 1. The Morgan fingerprint density at radius 2 is 1.88 bits per heavy atom. The number of urea groups is 1. The molecular formula is C19H25N5O2. The maximum Gasteiger partial charge on any atom is 0.319 e. The molecule has 26 heavy (non-hydrogen) atoms. The van der Waals surface area contributed by atoms with Crippen LogP contribution in [0.25, 0.3) is 0 Å². The van der Waals surface area contributed by atoms with E-state index < -0.39 is 0 Å². The molecule has 3 rings (SSSR count). The van der Waals surface area contributed by atoms with Crippen molar-refractivity contribution in [3.8, 4) is 5.75 Å². The molecule has 1 aromatic carbocycles. The molecule has 1 aliphatic rings. The van der Waals surface area contributed by atoms with Crippen molar-refractivity contribution in [2.45, 2.75) is 32.7 Å². The highest BCUT2D eigenvalue weighted by Gasteiger charge is 2.14. The predicted molar refractivity (Wildman–Crippen MR) is 102 cm³/mol. The quantitative estimate of drug-likeness (QED) is 0.861. The van der Waals surface area contributed by atoms with Crippen LogP contribution in [-0.4, -0.2) is 36.2 Å². The van der Waals surface area contributed by atoms with Crippen LogP contribution in [0.2, 0.25) is 0 Å². The molecule has 0 unspecified atom stereocenters. The van der Waals surface area contributed by atoms with Gasteiger partial charge in [-0.25, -0.2) is 14.8 Å². The second-order valence-electron chi connectivity index (χ2n) is 6.37. The van der Waals surface area contributed by atoms with E-state index in [-0.39, 0.29) is 12.6 Å². The van der Waals surface area contributed by atoms with E-state index in [0.29, 0.717) is 11.5 Å². The number of carbonyl (C=O) groups excluding carboxylic acids is 1. The Hall–Kier alpha value is -2.83. The molecule has 0 saturated carbocycles. The predicted octanol–water partition coefficient (Wildman–Crippen LogP) is 3.11. The number of nitrogens with one attached hydrogen (secondary N) is 2. The zero-order chi connectivity index (χ0) is 18.4. The molecule has 2 heterocycles. The number of amides is 2. The lowest BCUT2D eigenvalue weighted by atomic mass is 10.1. The third-order valence-electron chi connectivity index (χ3n) is 4.32. The lowest BCUT2D eigenvalue weighted by Crippen LogP contribution is -2.32. The number of aryl methyl sites for hydroxylation is 1. The van der Waals surface area contributed by atoms with Crippen molar-refractivity contribution in [3.05, 3.63) is 41.9 Å². The van der Waals surface area contributed by atoms with Crippen LogP contribution in [0, 0.1) is 6.92 Å². The Morgan fingerprint density at radius 3 is 2.58 bits per heavy atom. The fourth-order valence-electron chi connectivity index (χ4n) is 2.99. The molecule has 0 aliphatic carbocycles. The van der Waals surface area contributed by atoms with Crippen LogP contribution >= 0.6 is 0 Å². The van der Waals surface area contributed by atoms with Gasteiger partial charge >= 0.3 is 6.03 Å². The molecule has 0 radical (unpaired) electrons. The molecule has 2 N–H and O–H groups in total. The summed E-state index contributed by atoms with van der Waals surface area (Å²) < 4.78 is 5.10. The number of hydrogen-bond donors (Lipinski definition) is 2. The maximum absolute atomic E-state index is 12.1. The molecule has 0 spiro atoms. The summed E-state index contributed by atoms with van der Waals surface area (Å²) in [6.45, 7) is 4.29. The van der Waals surface area contributed by atoms with Gasteiger partial charge in [0.1, 0.15) is 17.4 Å². The Balaban J connectivity index is 1.57. The summed E-state index contributed by atoms with van der Waals surface area (Å²) in [7, 11) is 1.61. The van der Waals surface area contributed by atoms with Crippen LogP contribution in [0.15, 0.2) is 30.3 Å². The first-order valence-corrected chi connectivity index (χ1v) is 8.92. The van der Waals surface area contributed by atoms with Gasteiger partial charge in [-0.15, -0.1) is 0 Å². The summed E-state index contributed by atoms with van der Waals surface area (Å²) in [4.78, 5) is 23.4. The van der Waals surface area contributed by atoms with Crippen LogP contribution in [-0.2, 0) is 6.54 Å². The van der Waals surface area contributed by atoms with Gasteiger partial charge in [0.15, 0.2) is 0 Å². The summed E-state index contributed by atoms with van der Waals surface area (Å²) in [5.74, 6) is 2.31. The summed E-state index contributed by atoms with van der Waals surface area (Å²) in [5, 5.41) is 5.59. The molecule has 7 heteroatoms. The molecule has 1 aromatic heterocycles. The third-order valence-corrected chi connectivity index (χ3v) is 4.32. The maximum atomic E-state index is 12.1. The molecular weight excluding hydrogens is 330 g/mol. The Labute approximate surface area is 153 Å². The molecule has 0 bridgehead atoms. The normalized spacial score (nSPS) is 14.0. The SMILES string of the molecule is COc1ccc(NC(=O)NCc2nc(C)cc(N3CCCCC3)n2)cc1. The number of benzene rings is 1. The van der Waals surface area contributed by atoms with Crippen LogP contribution in [0.1, 0.15) is 30.8 Å². The number of piperidine rings is 1. The number of ether oxygens (including phenoxy) is 1. The van der Waals surface area contributed by atoms with Crippen molar-refractivity contribution >= 4 is 17.5 Å². The second-order valence-corrected chi connectivity index (χ2v) is 6.37. The fraction of sp³-hybridized carbons (Fsp3) is 0.421. The van der Waals surface area contributed by atoms with Gasteiger partial charge in [-0.3, -0.25) is 0 Å². The van der Waals surface area contributed by atoms with Crippen molar-refractivity contribution in [2.75, 3.05) is 30.4 Å². The molecule has 0 atom stereocenters. The van der Waals surface area contributed by atoms with E-state index in [2.05, 4.69) is 25.5 Å². The number of anilines is 2. The largest absolute Gasteiger partial charge is 0.497 e. The fourth-order valence-corrected chi connectivity index (χ4v) is 2.99. The minimum absolute atomic E-state index is 0.282. The van der Waals surface area contributed by atoms with Crippen molar-refractivity contribution in [1.82, 2.24) is 15.3 Å². The van der Waals surface area contributed by atoms with Crippen molar-refractivity contribution < 1.29 is 9.53 Å². The zero-order valence-corrected chi connectivity index (χ0v) is 15.3. The van der Waals surface area contributed by atoms with Gasteiger partial charge in [0.05, 0.1) is 13.7 Å². The van der Waals surface area contributed by atoms with E-state index in [9.17, 15) is 4.79 Å². The lowest BCUT2D eigenvalue weighted by Gasteiger charge is -2.28. The van der Waals surface area contributed by atoms with Gasteiger partial charge < -0.3 is 20.3 Å². The van der Waals surface area contributed by atoms with Crippen LogP contribution in [0.4, 0.5) is 16.3 Å². The highest BCUT2D eigenvalue weighted by atomic mass is 16.5. The van der Waals surface area contributed by atoms with E-state index in [1.54, 1.807) is 31.4 Å². The van der Waals surface area contributed by atoms with Gasteiger partial charge in [-0.05, 0) is 50.5 Å². The van der Waals surface area contributed by atoms with E-state index in [0.717, 1.165) is 30.4 Å². The second kappa shape index (κ2) is 8.51. The van der Waals surface area contributed by atoms with Gasteiger partial charge in [-0.2, -0.15) is 0 Å². The van der Waals surface area contributed by atoms with Crippen LogP contribution in [0.3, 0.4) is 0 Å². The third kappa shape index (κ3) is 4.84. The van der Waals surface area contributed by atoms with Crippen LogP contribution in [0.5, 0.6) is 5.75 Å². The van der Waals surface area contributed by atoms with Crippen LogP contribution < -0.4 is 20.3 Å². The first kappa shape index (κ1) is 18.0. The molecule has 2 amide bonds. The van der Waals surface area contributed by atoms with Crippen molar-refractivity contribution in [2.24, 2.45) is 0 Å². The Kier molecular flexibility index (Phi) is 5.88. The topological polar surface area (TPSA) is 79.4 Å². The standard InChI is InChI=1S/C19H25N5O2/c1-14-12-18(24-10-4-3-5-11-24)23-17(21-14)13-20-19(25)22-15-6-8-16(26-2)9-7-15/h6-9,12H,3-5,10-11,13H2,1-2H3,(H2,20,22,25). The van der Waals surface area contributed by atoms with E-state index in [1.807, 2.05) is 13.0 Å². The highest BCUT2D eigenvalue weighted by molar-refractivity contribution is 5.89. The van der Waals surface area contributed by atoms with Gasteiger partial charge in [0.25, 0.3) is 0 Å². The summed E-state index contributed by atoms with van der Waals surface area (Å²) >= 11 is 0. The van der Waals surface area contributed by atoms with Gasteiger partial charge in [0.2, 0.25) is 0 Å². The van der Waals surface area contributed by atoms with Crippen molar-refractivity contribution in [3.63, 3.8) is 0 Å². The van der Waals surface area contributed by atoms with E-state index in [1.165, 1.54) is 19.3 Å². The van der Waals surface area contributed by atoms with E-state index >= 15 is 0 Å². The molecule has 7 nitrogen and oxygen atoms in total. The summed E-state index contributed by atoms with van der Waals surface area (Å²) in [6, 6.07) is 8.88. The smallest absolute Gasteiger partial charge is 0.319 e. The summed E-state index contributed by atoms with van der Waals surface area (Å²) in [6.07, 6.45) is 3.67. The average Bonchev–Trinajstić information content (AvgIpc) is 2.67. The van der Waals surface area contributed by atoms with Crippen molar-refractivity contribution in [1.29, 1.82) is 0 Å². The molecule has 1 aliphatic heterocycles. The number of nitrogens with zero attached hydrogens (tertiary/aromatic N) is 3. The molecule has 138 valence electrons. The Bertz CT molecular complexity index is 742. The monoisotopic (exact) mass is 355 g/mol. The Morgan fingerprint density at radius 1 is 1.15 bits per heavy atom. The lowest BCUT2D eigenvalue weighted by molar-refractivity contribution is 0.251. The zero-order valence-electron chi connectivity index (χ0n) is 15.3.